The third kappa shape index (κ3) is 4.64. The van der Waals surface area contributed by atoms with Crippen LogP contribution in [0, 0.1) is 0 Å². The van der Waals surface area contributed by atoms with Crippen LogP contribution in [0.5, 0.6) is 0 Å². The van der Waals surface area contributed by atoms with E-state index < -0.39 is 0 Å². The van der Waals surface area contributed by atoms with Gasteiger partial charge in [-0.05, 0) is 43.5 Å². The summed E-state index contributed by atoms with van der Waals surface area (Å²) in [6.07, 6.45) is 4.57. The predicted molar refractivity (Wildman–Crippen MR) is 118 cm³/mol. The molecule has 0 N–H and O–H groups in total. The molecule has 2 aliphatic rings. The van der Waals surface area contributed by atoms with Gasteiger partial charge in [-0.2, -0.15) is 0 Å². The largest absolute Gasteiger partial charge is 0.353 e. The van der Waals surface area contributed by atoms with E-state index in [4.69, 9.17) is 11.6 Å². The maximum absolute atomic E-state index is 13.0. The molecule has 2 aliphatic heterocycles. The zero-order valence-corrected chi connectivity index (χ0v) is 18.2. The van der Waals surface area contributed by atoms with Gasteiger partial charge >= 0.3 is 0 Å². The molecule has 0 bridgehead atoms. The number of carbonyl (C=O) groups is 2. The van der Waals surface area contributed by atoms with E-state index in [1.807, 2.05) is 18.0 Å². The Morgan fingerprint density at radius 1 is 1.17 bits per heavy atom. The molecule has 0 saturated carbocycles. The predicted octanol–water partition coefficient (Wildman–Crippen LogP) is 3.61. The molecule has 156 valence electrons. The van der Waals surface area contributed by atoms with Crippen LogP contribution in [-0.2, 0) is 4.79 Å². The molecule has 2 amide bonds. The summed E-state index contributed by atoms with van der Waals surface area (Å²) in [5.41, 5.74) is 2.42. The number of carbonyl (C=O) groups excluding carboxylic acids is 2. The molecule has 0 radical (unpaired) electrons. The van der Waals surface area contributed by atoms with Gasteiger partial charge in [0.1, 0.15) is 5.84 Å². The van der Waals surface area contributed by atoms with Crippen LogP contribution in [0.3, 0.4) is 0 Å². The number of hydrogen-bond donors (Lipinski definition) is 0. The van der Waals surface area contributed by atoms with E-state index in [0.717, 1.165) is 37.5 Å². The maximum atomic E-state index is 13.0. The van der Waals surface area contributed by atoms with Crippen LogP contribution in [-0.4, -0.2) is 67.2 Å². The number of amidine groups is 1. The van der Waals surface area contributed by atoms with E-state index in [2.05, 4.69) is 29.8 Å². The van der Waals surface area contributed by atoms with Crippen LogP contribution in [0.25, 0.3) is 0 Å². The summed E-state index contributed by atoms with van der Waals surface area (Å²) in [7, 11) is 1.81. The zero-order valence-electron chi connectivity index (χ0n) is 17.4. The highest BCUT2D eigenvalue weighted by atomic mass is 35.5. The normalized spacial score (nSPS) is 18.6. The maximum Gasteiger partial charge on any atom is 0.255 e. The van der Waals surface area contributed by atoms with Crippen molar-refractivity contribution < 1.29 is 9.59 Å². The van der Waals surface area contributed by atoms with Crippen molar-refractivity contribution in [3.8, 4) is 0 Å². The Morgan fingerprint density at radius 2 is 1.86 bits per heavy atom. The number of aliphatic imine (C=N–C) groups is 1. The van der Waals surface area contributed by atoms with Crippen LogP contribution < -0.4 is 4.90 Å². The first kappa shape index (κ1) is 21.4. The van der Waals surface area contributed by atoms with E-state index in [1.54, 1.807) is 17.0 Å². The summed E-state index contributed by atoms with van der Waals surface area (Å²) >= 11 is 6.43. The van der Waals surface area contributed by atoms with Crippen LogP contribution in [0.4, 0.5) is 5.69 Å². The lowest BCUT2D eigenvalue weighted by Gasteiger charge is -2.37. The molecule has 2 saturated heterocycles. The molecular formula is C22H29ClN4O2. The van der Waals surface area contributed by atoms with E-state index in [1.165, 1.54) is 5.57 Å². The fourth-order valence-electron chi connectivity index (χ4n) is 4.02. The van der Waals surface area contributed by atoms with Gasteiger partial charge in [0, 0.05) is 51.9 Å². The van der Waals surface area contributed by atoms with E-state index in [0.29, 0.717) is 36.6 Å². The van der Waals surface area contributed by atoms with Gasteiger partial charge in [-0.25, -0.2) is 0 Å². The summed E-state index contributed by atoms with van der Waals surface area (Å²) in [4.78, 5) is 35.2. The molecule has 29 heavy (non-hydrogen) atoms. The molecule has 0 spiro atoms. The minimum atomic E-state index is -0.0650. The highest BCUT2D eigenvalue weighted by Crippen LogP contribution is 2.28. The van der Waals surface area contributed by atoms with Gasteiger partial charge in [-0.1, -0.05) is 24.6 Å². The fourth-order valence-corrected chi connectivity index (χ4v) is 4.28. The molecule has 0 aliphatic carbocycles. The molecule has 2 heterocycles. The highest BCUT2D eigenvalue weighted by molar-refractivity contribution is 6.34. The summed E-state index contributed by atoms with van der Waals surface area (Å²) in [5.74, 6) is 1.04. The molecule has 1 aromatic carbocycles. The van der Waals surface area contributed by atoms with Crippen molar-refractivity contribution in [2.24, 2.45) is 4.99 Å². The first-order chi connectivity index (χ1) is 14.0. The quantitative estimate of drug-likeness (QED) is 0.556. The van der Waals surface area contributed by atoms with Crippen LogP contribution in [0.15, 0.2) is 34.8 Å². The highest BCUT2D eigenvalue weighted by Gasteiger charge is 2.27. The molecule has 1 aromatic rings. The van der Waals surface area contributed by atoms with Crippen molar-refractivity contribution in [1.29, 1.82) is 0 Å². The molecule has 0 aromatic heterocycles. The summed E-state index contributed by atoms with van der Waals surface area (Å²) < 4.78 is 0. The van der Waals surface area contributed by atoms with E-state index >= 15 is 0 Å². The molecule has 7 heteroatoms. The fraction of sp³-hybridized carbons (Fsp3) is 0.500. The van der Waals surface area contributed by atoms with Crippen LogP contribution in [0.2, 0.25) is 5.02 Å². The second kappa shape index (κ2) is 9.44. The smallest absolute Gasteiger partial charge is 0.255 e. The second-order valence-electron chi connectivity index (χ2n) is 7.43. The number of rotatable bonds is 4. The third-order valence-corrected chi connectivity index (χ3v) is 5.82. The van der Waals surface area contributed by atoms with E-state index in [9.17, 15) is 9.59 Å². The average Bonchev–Trinajstić information content (AvgIpc) is 3.14. The molecule has 3 rings (SSSR count). The lowest BCUT2D eigenvalue weighted by molar-refractivity contribution is -0.117. The number of allylic oxidation sites excluding steroid dienone is 1. The minimum absolute atomic E-state index is 0.0650. The monoisotopic (exact) mass is 416 g/mol. The number of piperazine rings is 1. The van der Waals surface area contributed by atoms with Crippen molar-refractivity contribution in [3.63, 3.8) is 0 Å². The lowest BCUT2D eigenvalue weighted by atomic mass is 10.1. The van der Waals surface area contributed by atoms with Crippen molar-refractivity contribution in [1.82, 2.24) is 9.80 Å². The van der Waals surface area contributed by atoms with Gasteiger partial charge in [0.2, 0.25) is 5.91 Å². The van der Waals surface area contributed by atoms with Crippen molar-refractivity contribution in [2.75, 3.05) is 44.7 Å². The molecule has 0 unspecified atom stereocenters. The number of nitrogens with zero attached hydrogens (tertiary/aromatic N) is 4. The Hall–Kier alpha value is -2.34. The summed E-state index contributed by atoms with van der Waals surface area (Å²) in [6.45, 7) is 7.63. The summed E-state index contributed by atoms with van der Waals surface area (Å²) in [5, 5.41) is 0.396. The Morgan fingerprint density at radius 3 is 2.41 bits per heavy atom. The molecule has 0 atom stereocenters. The number of halogens is 1. The van der Waals surface area contributed by atoms with Crippen molar-refractivity contribution in [2.45, 2.75) is 33.1 Å². The third-order valence-electron chi connectivity index (χ3n) is 5.51. The lowest BCUT2D eigenvalue weighted by Crippen LogP contribution is -2.50. The molecular weight excluding hydrogens is 388 g/mol. The Labute approximate surface area is 177 Å². The van der Waals surface area contributed by atoms with Gasteiger partial charge in [0.15, 0.2) is 0 Å². The average molecular weight is 417 g/mol. The summed E-state index contributed by atoms with van der Waals surface area (Å²) in [6, 6.07) is 5.29. The van der Waals surface area contributed by atoms with E-state index in [-0.39, 0.29) is 11.8 Å². The SMILES string of the molecule is CC/C=C(/C)C(=NC)N1CCN(C(=O)c2ccc(N3CCCC3=O)cc2Cl)CC1. The standard InChI is InChI=1S/C22H29ClN4O2/c1-4-6-16(2)21(24-3)25-11-13-26(14-12-25)22(29)18-9-8-17(15-19(18)23)27-10-5-7-20(27)28/h6,8-9,15H,4-5,7,10-14H2,1-3H3/b16-6-,24-21?. The first-order valence-corrected chi connectivity index (χ1v) is 10.6. The Kier molecular flexibility index (Phi) is 6.96. The number of anilines is 1. The number of hydrogen-bond acceptors (Lipinski definition) is 3. The Bertz CT molecular complexity index is 841. The van der Waals surface area contributed by atoms with Gasteiger partial charge in [-0.3, -0.25) is 14.6 Å². The van der Waals surface area contributed by atoms with Gasteiger partial charge < -0.3 is 14.7 Å². The van der Waals surface area contributed by atoms with Gasteiger partial charge in [-0.15, -0.1) is 0 Å². The van der Waals surface area contributed by atoms with Crippen LogP contribution in [0.1, 0.15) is 43.5 Å². The molecule has 6 nitrogen and oxygen atoms in total. The van der Waals surface area contributed by atoms with Crippen molar-refractivity contribution in [3.05, 3.63) is 40.4 Å². The zero-order chi connectivity index (χ0) is 21.0. The minimum Gasteiger partial charge on any atom is -0.353 e. The van der Waals surface area contributed by atoms with Crippen LogP contribution >= 0.6 is 11.6 Å². The topological polar surface area (TPSA) is 56.2 Å². The second-order valence-corrected chi connectivity index (χ2v) is 7.84. The van der Waals surface area contributed by atoms with Gasteiger partial charge in [0.05, 0.1) is 10.6 Å². The first-order valence-electron chi connectivity index (χ1n) is 10.2. The Balaban J connectivity index is 1.66. The number of amides is 2. The molecule has 2 fully saturated rings. The number of benzene rings is 1. The van der Waals surface area contributed by atoms with Crippen molar-refractivity contribution >= 4 is 34.9 Å². The van der Waals surface area contributed by atoms with Gasteiger partial charge in [0.25, 0.3) is 5.91 Å².